The van der Waals surface area contributed by atoms with Crippen LogP contribution >= 0.6 is 11.6 Å². The third-order valence-corrected chi connectivity index (χ3v) is 2.20. The predicted molar refractivity (Wildman–Crippen MR) is 60.0 cm³/mol. The van der Waals surface area contributed by atoms with Gasteiger partial charge in [-0.2, -0.15) is 9.37 Å². The molecule has 0 saturated carbocycles. The zero-order chi connectivity index (χ0) is 11.4. The zero-order valence-electron chi connectivity index (χ0n) is 8.36. The van der Waals surface area contributed by atoms with Gasteiger partial charge in [0.2, 0.25) is 11.8 Å². The smallest absolute Gasteiger partial charge is 0.216 e. The fraction of sp³-hybridized carbons (Fsp3) is 0.0833. The molecule has 0 amide bonds. The van der Waals surface area contributed by atoms with E-state index >= 15 is 0 Å². The second-order valence-electron chi connectivity index (χ2n) is 3.22. The van der Waals surface area contributed by atoms with Crippen molar-refractivity contribution in [3.63, 3.8) is 0 Å². The van der Waals surface area contributed by atoms with E-state index in [1.807, 2.05) is 12.1 Å². The average molecular weight is 238 g/mol. The third kappa shape index (κ3) is 2.94. The van der Waals surface area contributed by atoms with Crippen molar-refractivity contribution >= 4 is 11.6 Å². The highest BCUT2D eigenvalue weighted by Crippen LogP contribution is 2.13. The summed E-state index contributed by atoms with van der Waals surface area (Å²) in [4.78, 5) is 3.59. The number of aromatic nitrogens is 1. The molecule has 0 saturated heterocycles. The van der Waals surface area contributed by atoms with E-state index in [1.54, 1.807) is 24.3 Å². The van der Waals surface area contributed by atoms with Gasteiger partial charge in [0, 0.05) is 11.1 Å². The Kier molecular flexibility index (Phi) is 3.37. The molecule has 0 aliphatic rings. The standard InChI is InChI=1S/C12H9ClFNO/c13-10-4-1-3-9(7-10)8-16-12-6-2-5-11(14)15-12/h1-7H,8H2. The quantitative estimate of drug-likeness (QED) is 0.763. The lowest BCUT2D eigenvalue weighted by molar-refractivity contribution is 0.289. The summed E-state index contributed by atoms with van der Waals surface area (Å²) in [5.41, 5.74) is 0.915. The molecule has 0 spiro atoms. The van der Waals surface area contributed by atoms with Crippen LogP contribution in [-0.2, 0) is 6.61 Å². The molecular weight excluding hydrogens is 229 g/mol. The van der Waals surface area contributed by atoms with Crippen molar-refractivity contribution in [2.24, 2.45) is 0 Å². The molecule has 0 N–H and O–H groups in total. The second-order valence-corrected chi connectivity index (χ2v) is 3.65. The Balaban J connectivity index is 2.02. The van der Waals surface area contributed by atoms with Crippen LogP contribution in [0.2, 0.25) is 5.02 Å². The second kappa shape index (κ2) is 4.94. The Morgan fingerprint density at radius 3 is 2.75 bits per heavy atom. The van der Waals surface area contributed by atoms with E-state index in [9.17, 15) is 4.39 Å². The molecule has 16 heavy (non-hydrogen) atoms. The SMILES string of the molecule is Fc1cccc(OCc2cccc(Cl)c2)n1. The molecule has 0 aliphatic heterocycles. The van der Waals surface area contributed by atoms with Gasteiger partial charge < -0.3 is 4.74 Å². The van der Waals surface area contributed by atoms with Crippen LogP contribution in [0.1, 0.15) is 5.56 Å². The lowest BCUT2D eigenvalue weighted by Crippen LogP contribution is -1.97. The van der Waals surface area contributed by atoms with E-state index < -0.39 is 5.95 Å². The molecule has 2 rings (SSSR count). The first kappa shape index (κ1) is 10.9. The Morgan fingerprint density at radius 2 is 2.00 bits per heavy atom. The molecule has 0 radical (unpaired) electrons. The molecule has 0 bridgehead atoms. The maximum atomic E-state index is 12.7. The van der Waals surface area contributed by atoms with Gasteiger partial charge in [0.1, 0.15) is 6.61 Å². The van der Waals surface area contributed by atoms with Gasteiger partial charge in [-0.1, -0.05) is 29.8 Å². The molecular formula is C12H9ClFNO. The molecule has 1 aromatic carbocycles. The van der Waals surface area contributed by atoms with Crippen molar-refractivity contribution in [2.45, 2.75) is 6.61 Å². The van der Waals surface area contributed by atoms with E-state index in [2.05, 4.69) is 4.98 Å². The Hall–Kier alpha value is -1.61. The van der Waals surface area contributed by atoms with Crippen LogP contribution in [0.15, 0.2) is 42.5 Å². The first-order valence-corrected chi connectivity index (χ1v) is 5.11. The number of rotatable bonds is 3. The maximum Gasteiger partial charge on any atom is 0.216 e. The highest BCUT2D eigenvalue weighted by Gasteiger charge is 1.99. The van der Waals surface area contributed by atoms with Gasteiger partial charge in [0.15, 0.2) is 0 Å². The van der Waals surface area contributed by atoms with Gasteiger partial charge in [-0.15, -0.1) is 0 Å². The summed E-state index contributed by atoms with van der Waals surface area (Å²) < 4.78 is 18.1. The van der Waals surface area contributed by atoms with E-state index in [4.69, 9.17) is 16.3 Å². The Labute approximate surface area is 97.7 Å². The van der Waals surface area contributed by atoms with Crippen molar-refractivity contribution in [2.75, 3.05) is 0 Å². The largest absolute Gasteiger partial charge is 0.473 e. The van der Waals surface area contributed by atoms with Crippen molar-refractivity contribution < 1.29 is 9.13 Å². The van der Waals surface area contributed by atoms with Crippen LogP contribution in [0, 0.1) is 5.95 Å². The molecule has 82 valence electrons. The van der Waals surface area contributed by atoms with E-state index in [-0.39, 0.29) is 5.88 Å². The molecule has 4 heteroatoms. The normalized spacial score (nSPS) is 10.1. The summed E-state index contributed by atoms with van der Waals surface area (Å²) in [6, 6.07) is 11.7. The number of nitrogens with zero attached hydrogens (tertiary/aromatic N) is 1. The van der Waals surface area contributed by atoms with Crippen LogP contribution in [0.4, 0.5) is 4.39 Å². The topological polar surface area (TPSA) is 22.1 Å². The molecule has 1 heterocycles. The lowest BCUT2D eigenvalue weighted by Gasteiger charge is -2.05. The molecule has 2 aromatic rings. The number of halogens is 2. The molecule has 0 atom stereocenters. The monoisotopic (exact) mass is 237 g/mol. The minimum absolute atomic E-state index is 0.264. The first-order valence-electron chi connectivity index (χ1n) is 4.74. The van der Waals surface area contributed by atoms with Crippen molar-refractivity contribution in [1.82, 2.24) is 4.98 Å². The summed E-state index contributed by atoms with van der Waals surface area (Å²) in [6.45, 7) is 0.316. The fourth-order valence-electron chi connectivity index (χ4n) is 1.25. The number of pyridine rings is 1. The summed E-state index contributed by atoms with van der Waals surface area (Å²) in [5, 5.41) is 0.647. The minimum Gasteiger partial charge on any atom is -0.473 e. The van der Waals surface area contributed by atoms with Gasteiger partial charge >= 0.3 is 0 Å². The predicted octanol–water partition coefficient (Wildman–Crippen LogP) is 3.45. The third-order valence-electron chi connectivity index (χ3n) is 1.97. The molecule has 0 aliphatic carbocycles. The zero-order valence-corrected chi connectivity index (χ0v) is 9.12. The lowest BCUT2D eigenvalue weighted by atomic mass is 10.2. The highest BCUT2D eigenvalue weighted by molar-refractivity contribution is 6.30. The maximum absolute atomic E-state index is 12.7. The Bertz CT molecular complexity index is 444. The summed E-state index contributed by atoms with van der Waals surface area (Å²) in [7, 11) is 0. The summed E-state index contributed by atoms with van der Waals surface area (Å²) in [5.74, 6) is -0.288. The Morgan fingerprint density at radius 1 is 1.19 bits per heavy atom. The first-order chi connectivity index (χ1) is 7.74. The van der Waals surface area contributed by atoms with Gasteiger partial charge in [0.05, 0.1) is 0 Å². The van der Waals surface area contributed by atoms with Crippen molar-refractivity contribution in [1.29, 1.82) is 0 Å². The number of hydrogen-bond acceptors (Lipinski definition) is 2. The van der Waals surface area contributed by atoms with Gasteiger partial charge in [-0.25, -0.2) is 0 Å². The van der Waals surface area contributed by atoms with E-state index in [0.29, 0.717) is 11.6 Å². The average Bonchev–Trinajstić information content (AvgIpc) is 2.27. The molecule has 0 unspecified atom stereocenters. The molecule has 2 nitrogen and oxygen atoms in total. The van der Waals surface area contributed by atoms with E-state index in [1.165, 1.54) is 6.07 Å². The van der Waals surface area contributed by atoms with Gasteiger partial charge in [-0.3, -0.25) is 0 Å². The van der Waals surface area contributed by atoms with Gasteiger partial charge in [0.25, 0.3) is 0 Å². The molecule has 1 aromatic heterocycles. The van der Waals surface area contributed by atoms with Crippen LogP contribution in [0.3, 0.4) is 0 Å². The highest BCUT2D eigenvalue weighted by atomic mass is 35.5. The van der Waals surface area contributed by atoms with Crippen LogP contribution in [0.5, 0.6) is 5.88 Å². The van der Waals surface area contributed by atoms with E-state index in [0.717, 1.165) is 5.56 Å². The van der Waals surface area contributed by atoms with Crippen molar-refractivity contribution in [3.8, 4) is 5.88 Å². The number of ether oxygens (including phenoxy) is 1. The molecule has 0 fully saturated rings. The number of hydrogen-bond donors (Lipinski definition) is 0. The fourth-order valence-corrected chi connectivity index (χ4v) is 1.47. The van der Waals surface area contributed by atoms with Crippen LogP contribution in [-0.4, -0.2) is 4.98 Å². The minimum atomic E-state index is -0.552. The van der Waals surface area contributed by atoms with Crippen LogP contribution < -0.4 is 4.74 Å². The van der Waals surface area contributed by atoms with Crippen molar-refractivity contribution in [3.05, 3.63) is 59.0 Å². The van der Waals surface area contributed by atoms with Crippen LogP contribution in [0.25, 0.3) is 0 Å². The summed E-state index contributed by atoms with van der Waals surface area (Å²) >= 11 is 5.82. The summed E-state index contributed by atoms with van der Waals surface area (Å²) in [6.07, 6.45) is 0. The van der Waals surface area contributed by atoms with Gasteiger partial charge in [-0.05, 0) is 23.8 Å². The number of benzene rings is 1.